The molecule has 0 bridgehead atoms. The van der Waals surface area contributed by atoms with Gasteiger partial charge in [-0.25, -0.2) is 0 Å². The van der Waals surface area contributed by atoms with Crippen LogP contribution in [0.4, 0.5) is 11.4 Å². The van der Waals surface area contributed by atoms with E-state index in [1.54, 1.807) is 45.3 Å². The summed E-state index contributed by atoms with van der Waals surface area (Å²) in [7, 11) is 3.28. The minimum atomic E-state index is -0.549. The van der Waals surface area contributed by atoms with E-state index >= 15 is 0 Å². The van der Waals surface area contributed by atoms with Gasteiger partial charge < -0.3 is 10.2 Å². The number of anilines is 1. The van der Waals surface area contributed by atoms with E-state index in [9.17, 15) is 19.7 Å². The maximum absolute atomic E-state index is 12.4. The van der Waals surface area contributed by atoms with Crippen LogP contribution < -0.4 is 5.32 Å². The molecule has 0 unspecified atom stereocenters. The summed E-state index contributed by atoms with van der Waals surface area (Å²) in [5.41, 5.74) is 1.57. The van der Waals surface area contributed by atoms with E-state index in [0.717, 1.165) is 0 Å². The quantitative estimate of drug-likeness (QED) is 0.690. The molecular formula is C17H17N3O4. The average molecular weight is 327 g/mol. The van der Waals surface area contributed by atoms with Crippen molar-refractivity contribution < 1.29 is 14.5 Å². The molecule has 0 saturated carbocycles. The highest BCUT2D eigenvalue weighted by Crippen LogP contribution is 2.19. The predicted octanol–water partition coefficient (Wildman–Crippen LogP) is 2.86. The van der Waals surface area contributed by atoms with Gasteiger partial charge in [0.25, 0.3) is 17.5 Å². The fraction of sp³-hybridized carbons (Fsp3) is 0.176. The van der Waals surface area contributed by atoms with Crippen molar-refractivity contribution in [3.05, 3.63) is 69.3 Å². The SMILES string of the molecule is Cc1ccc([N+](=O)[O-])cc1C(=O)Nc1cccc(C(=O)N(C)C)c1. The number of nitro benzene ring substituents is 1. The topological polar surface area (TPSA) is 92.5 Å². The minimum absolute atomic E-state index is 0.151. The van der Waals surface area contributed by atoms with Crippen LogP contribution in [-0.4, -0.2) is 35.7 Å². The molecule has 0 radical (unpaired) electrons. The number of nitrogens with zero attached hydrogens (tertiary/aromatic N) is 2. The van der Waals surface area contributed by atoms with Gasteiger partial charge in [0.15, 0.2) is 0 Å². The Balaban J connectivity index is 2.27. The summed E-state index contributed by atoms with van der Waals surface area (Å²) in [5, 5.41) is 13.5. The van der Waals surface area contributed by atoms with Crippen LogP contribution >= 0.6 is 0 Å². The Kier molecular flexibility index (Phi) is 4.93. The van der Waals surface area contributed by atoms with Gasteiger partial charge in [-0.1, -0.05) is 12.1 Å². The van der Waals surface area contributed by atoms with E-state index in [4.69, 9.17) is 0 Å². The molecule has 2 amide bonds. The van der Waals surface area contributed by atoms with Crippen molar-refractivity contribution in [3.8, 4) is 0 Å². The average Bonchev–Trinajstić information content (AvgIpc) is 2.54. The first-order valence-corrected chi connectivity index (χ1v) is 7.17. The maximum atomic E-state index is 12.4. The molecule has 0 saturated heterocycles. The van der Waals surface area contributed by atoms with Crippen molar-refractivity contribution in [2.24, 2.45) is 0 Å². The van der Waals surface area contributed by atoms with Gasteiger partial charge in [0.2, 0.25) is 0 Å². The Hall–Kier alpha value is -3.22. The first-order chi connectivity index (χ1) is 11.3. The second-order valence-electron chi connectivity index (χ2n) is 5.49. The van der Waals surface area contributed by atoms with E-state index in [2.05, 4.69) is 5.32 Å². The summed E-state index contributed by atoms with van der Waals surface area (Å²) in [5.74, 6) is -0.650. The van der Waals surface area contributed by atoms with Crippen molar-refractivity contribution >= 4 is 23.2 Å². The lowest BCUT2D eigenvalue weighted by molar-refractivity contribution is -0.384. The maximum Gasteiger partial charge on any atom is 0.270 e. The Morgan fingerprint density at radius 1 is 1.12 bits per heavy atom. The molecule has 0 aliphatic rings. The Labute approximate surface area is 139 Å². The van der Waals surface area contributed by atoms with Gasteiger partial charge in [-0.3, -0.25) is 19.7 Å². The van der Waals surface area contributed by atoms with Crippen molar-refractivity contribution in [2.75, 3.05) is 19.4 Å². The summed E-state index contributed by atoms with van der Waals surface area (Å²) in [6.45, 7) is 1.70. The number of amides is 2. The lowest BCUT2D eigenvalue weighted by atomic mass is 10.1. The Morgan fingerprint density at radius 2 is 1.83 bits per heavy atom. The molecule has 1 N–H and O–H groups in total. The van der Waals surface area contributed by atoms with Gasteiger partial charge in [-0.15, -0.1) is 0 Å². The van der Waals surface area contributed by atoms with Crippen molar-refractivity contribution in [1.82, 2.24) is 4.90 Å². The van der Waals surface area contributed by atoms with E-state index in [1.165, 1.54) is 23.1 Å². The molecule has 2 rings (SSSR count). The van der Waals surface area contributed by atoms with Crippen LogP contribution in [-0.2, 0) is 0 Å². The summed E-state index contributed by atoms with van der Waals surface area (Å²) < 4.78 is 0. The molecule has 0 aromatic heterocycles. The molecule has 0 atom stereocenters. The number of carbonyl (C=O) groups is 2. The number of non-ortho nitro benzene ring substituents is 1. The Bertz CT molecular complexity index is 815. The molecular weight excluding hydrogens is 310 g/mol. The number of benzene rings is 2. The predicted molar refractivity (Wildman–Crippen MR) is 90.2 cm³/mol. The summed E-state index contributed by atoms with van der Waals surface area (Å²) in [4.78, 5) is 36.1. The van der Waals surface area contributed by atoms with Crippen LogP contribution in [0, 0.1) is 17.0 Å². The standard InChI is InChI=1S/C17H17N3O4/c1-11-7-8-14(20(23)24)10-15(11)16(21)18-13-6-4-5-12(9-13)17(22)19(2)3/h4-10H,1-3H3,(H,18,21). The van der Waals surface area contributed by atoms with Gasteiger partial charge in [0.05, 0.1) is 4.92 Å². The molecule has 124 valence electrons. The van der Waals surface area contributed by atoms with Gasteiger partial charge in [-0.05, 0) is 30.7 Å². The first-order valence-electron chi connectivity index (χ1n) is 7.17. The van der Waals surface area contributed by atoms with E-state index in [-0.39, 0.29) is 17.2 Å². The van der Waals surface area contributed by atoms with Crippen LogP contribution in [0.2, 0.25) is 0 Å². The highest BCUT2D eigenvalue weighted by atomic mass is 16.6. The summed E-state index contributed by atoms with van der Waals surface area (Å²) in [6.07, 6.45) is 0. The highest BCUT2D eigenvalue weighted by Gasteiger charge is 2.15. The van der Waals surface area contributed by atoms with Crippen LogP contribution in [0.3, 0.4) is 0 Å². The van der Waals surface area contributed by atoms with Gasteiger partial charge in [0, 0.05) is 43.0 Å². The normalized spacial score (nSPS) is 10.1. The number of nitro groups is 1. The number of nitrogens with one attached hydrogen (secondary N) is 1. The number of carbonyl (C=O) groups excluding carboxylic acids is 2. The van der Waals surface area contributed by atoms with E-state index in [0.29, 0.717) is 16.8 Å². The van der Waals surface area contributed by atoms with Crippen LogP contribution in [0.15, 0.2) is 42.5 Å². The zero-order chi connectivity index (χ0) is 17.9. The summed E-state index contributed by atoms with van der Waals surface area (Å²) >= 11 is 0. The monoisotopic (exact) mass is 327 g/mol. The molecule has 0 heterocycles. The first kappa shape index (κ1) is 17.1. The number of hydrogen-bond donors (Lipinski definition) is 1. The molecule has 0 spiro atoms. The third-order valence-corrected chi connectivity index (χ3v) is 3.45. The zero-order valence-electron chi connectivity index (χ0n) is 13.6. The zero-order valence-corrected chi connectivity index (χ0v) is 13.6. The molecule has 0 aliphatic carbocycles. The molecule has 7 nitrogen and oxygen atoms in total. The van der Waals surface area contributed by atoms with Gasteiger partial charge in [0.1, 0.15) is 0 Å². The fourth-order valence-corrected chi connectivity index (χ4v) is 2.15. The third kappa shape index (κ3) is 3.75. The lowest BCUT2D eigenvalue weighted by Gasteiger charge is -2.12. The van der Waals surface area contributed by atoms with Crippen molar-refractivity contribution in [1.29, 1.82) is 0 Å². The number of rotatable bonds is 4. The van der Waals surface area contributed by atoms with Gasteiger partial charge in [-0.2, -0.15) is 0 Å². The smallest absolute Gasteiger partial charge is 0.270 e. The van der Waals surface area contributed by atoms with Crippen LogP contribution in [0.25, 0.3) is 0 Å². The number of hydrogen-bond acceptors (Lipinski definition) is 4. The second kappa shape index (κ2) is 6.91. The molecule has 0 aliphatic heterocycles. The highest BCUT2D eigenvalue weighted by molar-refractivity contribution is 6.06. The fourth-order valence-electron chi connectivity index (χ4n) is 2.15. The van der Waals surface area contributed by atoms with Gasteiger partial charge >= 0.3 is 0 Å². The molecule has 0 fully saturated rings. The van der Waals surface area contributed by atoms with Crippen molar-refractivity contribution in [3.63, 3.8) is 0 Å². The lowest BCUT2D eigenvalue weighted by Crippen LogP contribution is -2.22. The molecule has 2 aromatic carbocycles. The largest absolute Gasteiger partial charge is 0.345 e. The molecule has 7 heteroatoms. The van der Waals surface area contributed by atoms with Crippen LogP contribution in [0.5, 0.6) is 0 Å². The van der Waals surface area contributed by atoms with E-state index < -0.39 is 10.8 Å². The van der Waals surface area contributed by atoms with Crippen LogP contribution in [0.1, 0.15) is 26.3 Å². The molecule has 2 aromatic rings. The van der Waals surface area contributed by atoms with E-state index in [1.807, 2.05) is 0 Å². The third-order valence-electron chi connectivity index (χ3n) is 3.45. The number of aryl methyl sites for hydroxylation is 1. The van der Waals surface area contributed by atoms with Crippen molar-refractivity contribution in [2.45, 2.75) is 6.92 Å². The Morgan fingerprint density at radius 3 is 2.46 bits per heavy atom. The summed E-state index contributed by atoms with van der Waals surface area (Å²) in [6, 6.07) is 10.6. The molecule has 24 heavy (non-hydrogen) atoms. The second-order valence-corrected chi connectivity index (χ2v) is 5.49. The minimum Gasteiger partial charge on any atom is -0.345 e.